The van der Waals surface area contributed by atoms with Crippen molar-refractivity contribution in [1.29, 1.82) is 0 Å². The zero-order valence-corrected chi connectivity index (χ0v) is 11.7. The van der Waals surface area contributed by atoms with Gasteiger partial charge in [0, 0.05) is 37.9 Å². The van der Waals surface area contributed by atoms with Crippen molar-refractivity contribution in [1.82, 2.24) is 20.0 Å². The van der Waals surface area contributed by atoms with Crippen LogP contribution in [0.4, 0.5) is 0 Å². The molecule has 1 fully saturated rings. The normalized spacial score (nSPS) is 17.5. The number of aryl methyl sites for hydroxylation is 1. The Morgan fingerprint density at radius 2 is 2.17 bits per heavy atom. The van der Waals surface area contributed by atoms with Crippen LogP contribution in [0.15, 0.2) is 12.3 Å². The summed E-state index contributed by atoms with van der Waals surface area (Å²) in [6.07, 6.45) is 6.84. The number of aromatic nitrogens is 2. The van der Waals surface area contributed by atoms with Gasteiger partial charge in [-0.05, 0) is 45.0 Å². The van der Waals surface area contributed by atoms with Crippen LogP contribution in [-0.4, -0.2) is 46.9 Å². The van der Waals surface area contributed by atoms with Crippen molar-refractivity contribution >= 4 is 0 Å². The van der Waals surface area contributed by atoms with E-state index in [4.69, 9.17) is 0 Å². The molecule has 1 aromatic rings. The highest BCUT2D eigenvalue weighted by Crippen LogP contribution is 2.13. The average molecular weight is 250 g/mol. The van der Waals surface area contributed by atoms with E-state index in [0.717, 1.165) is 19.0 Å². The summed E-state index contributed by atoms with van der Waals surface area (Å²) in [7, 11) is 2.03. The number of nitrogens with zero attached hydrogens (tertiary/aromatic N) is 3. The van der Waals surface area contributed by atoms with E-state index in [1.165, 1.54) is 44.6 Å². The van der Waals surface area contributed by atoms with E-state index in [0.29, 0.717) is 0 Å². The highest BCUT2D eigenvalue weighted by molar-refractivity contribution is 5.00. The third-order valence-electron chi connectivity index (χ3n) is 3.91. The molecule has 0 aromatic carbocycles. The molecule has 0 bridgehead atoms. The Morgan fingerprint density at radius 1 is 1.39 bits per heavy atom. The zero-order valence-electron chi connectivity index (χ0n) is 11.7. The molecule has 0 aliphatic carbocycles. The Balaban J connectivity index is 1.87. The molecule has 0 unspecified atom stereocenters. The maximum Gasteiger partial charge on any atom is 0.0492 e. The largest absolute Gasteiger partial charge is 0.317 e. The number of piperidine rings is 1. The van der Waals surface area contributed by atoms with Gasteiger partial charge < -0.3 is 5.32 Å². The zero-order chi connectivity index (χ0) is 12.8. The maximum absolute atomic E-state index is 4.24. The molecule has 1 saturated heterocycles. The van der Waals surface area contributed by atoms with Crippen LogP contribution in [-0.2, 0) is 13.5 Å². The lowest BCUT2D eigenvalue weighted by molar-refractivity contribution is 0.163. The van der Waals surface area contributed by atoms with Gasteiger partial charge in [-0.15, -0.1) is 0 Å². The van der Waals surface area contributed by atoms with E-state index < -0.39 is 0 Å². The number of hydrogen-bond acceptors (Lipinski definition) is 3. The van der Waals surface area contributed by atoms with Crippen molar-refractivity contribution in [2.24, 2.45) is 7.05 Å². The van der Waals surface area contributed by atoms with Gasteiger partial charge >= 0.3 is 0 Å². The standard InChI is InChI=1S/C14H26N4/c1-3-11-18(14-4-8-15-9-5-14)12-7-13-6-10-16-17(13)2/h6,10,14-15H,3-5,7-9,11-12H2,1-2H3. The molecule has 1 aliphatic heterocycles. The molecule has 4 nitrogen and oxygen atoms in total. The van der Waals surface area contributed by atoms with Gasteiger partial charge in [-0.25, -0.2) is 0 Å². The Bertz CT molecular complexity index is 341. The van der Waals surface area contributed by atoms with E-state index in [2.05, 4.69) is 28.3 Å². The van der Waals surface area contributed by atoms with Crippen LogP contribution in [0.2, 0.25) is 0 Å². The third kappa shape index (κ3) is 3.56. The number of nitrogens with one attached hydrogen (secondary N) is 1. The molecular weight excluding hydrogens is 224 g/mol. The van der Waals surface area contributed by atoms with Crippen LogP contribution in [0.3, 0.4) is 0 Å². The minimum absolute atomic E-state index is 0.777. The predicted molar refractivity (Wildman–Crippen MR) is 74.7 cm³/mol. The van der Waals surface area contributed by atoms with Gasteiger partial charge in [0.05, 0.1) is 0 Å². The SMILES string of the molecule is CCCN(CCc1ccnn1C)C1CCNCC1. The monoisotopic (exact) mass is 250 g/mol. The van der Waals surface area contributed by atoms with Gasteiger partial charge in [-0.2, -0.15) is 5.10 Å². The summed E-state index contributed by atoms with van der Waals surface area (Å²) in [4.78, 5) is 2.67. The Kier molecular flexibility index (Phi) is 5.20. The van der Waals surface area contributed by atoms with Crippen molar-refractivity contribution in [2.75, 3.05) is 26.2 Å². The van der Waals surface area contributed by atoms with Crippen molar-refractivity contribution in [3.63, 3.8) is 0 Å². The molecule has 18 heavy (non-hydrogen) atoms. The Morgan fingerprint density at radius 3 is 2.78 bits per heavy atom. The molecule has 0 saturated carbocycles. The van der Waals surface area contributed by atoms with Crippen LogP contribution in [0.25, 0.3) is 0 Å². The van der Waals surface area contributed by atoms with Crippen LogP contribution in [0.1, 0.15) is 31.9 Å². The summed E-state index contributed by atoms with van der Waals surface area (Å²) in [5.41, 5.74) is 1.34. The molecule has 0 atom stereocenters. The fraction of sp³-hybridized carbons (Fsp3) is 0.786. The van der Waals surface area contributed by atoms with E-state index in [9.17, 15) is 0 Å². The van der Waals surface area contributed by atoms with Gasteiger partial charge in [0.25, 0.3) is 0 Å². The minimum Gasteiger partial charge on any atom is -0.317 e. The highest BCUT2D eigenvalue weighted by Gasteiger charge is 2.20. The lowest BCUT2D eigenvalue weighted by Gasteiger charge is -2.34. The average Bonchev–Trinajstić information content (AvgIpc) is 2.81. The fourth-order valence-electron chi connectivity index (χ4n) is 2.84. The third-order valence-corrected chi connectivity index (χ3v) is 3.91. The second-order valence-electron chi connectivity index (χ2n) is 5.21. The van der Waals surface area contributed by atoms with Gasteiger partial charge in [0.1, 0.15) is 0 Å². The van der Waals surface area contributed by atoms with Crippen LogP contribution in [0, 0.1) is 0 Å². The van der Waals surface area contributed by atoms with E-state index in [-0.39, 0.29) is 0 Å². The van der Waals surface area contributed by atoms with E-state index in [1.54, 1.807) is 0 Å². The van der Waals surface area contributed by atoms with Crippen molar-refractivity contribution in [2.45, 2.75) is 38.6 Å². The molecule has 1 aromatic heterocycles. The van der Waals surface area contributed by atoms with Crippen LogP contribution in [0.5, 0.6) is 0 Å². The first-order valence-corrected chi connectivity index (χ1v) is 7.23. The van der Waals surface area contributed by atoms with Gasteiger partial charge in [0.2, 0.25) is 0 Å². The summed E-state index contributed by atoms with van der Waals surface area (Å²) in [5.74, 6) is 0. The summed E-state index contributed by atoms with van der Waals surface area (Å²) >= 11 is 0. The van der Waals surface area contributed by atoms with Crippen molar-refractivity contribution in [3.05, 3.63) is 18.0 Å². The number of rotatable bonds is 6. The molecule has 4 heteroatoms. The van der Waals surface area contributed by atoms with Gasteiger partial charge in [0.15, 0.2) is 0 Å². The van der Waals surface area contributed by atoms with Crippen molar-refractivity contribution < 1.29 is 0 Å². The maximum atomic E-state index is 4.24. The quantitative estimate of drug-likeness (QED) is 0.829. The summed E-state index contributed by atoms with van der Waals surface area (Å²) < 4.78 is 1.99. The summed E-state index contributed by atoms with van der Waals surface area (Å²) in [6.45, 7) is 7.02. The fourth-order valence-corrected chi connectivity index (χ4v) is 2.84. The lowest BCUT2D eigenvalue weighted by Crippen LogP contribution is -2.44. The molecule has 1 aliphatic rings. The first kappa shape index (κ1) is 13.6. The second kappa shape index (κ2) is 6.90. The molecule has 2 heterocycles. The lowest BCUT2D eigenvalue weighted by atomic mass is 10.0. The van der Waals surface area contributed by atoms with Gasteiger partial charge in [-0.3, -0.25) is 9.58 Å². The molecule has 0 radical (unpaired) electrons. The second-order valence-corrected chi connectivity index (χ2v) is 5.21. The Labute approximate surface area is 110 Å². The van der Waals surface area contributed by atoms with Crippen LogP contribution >= 0.6 is 0 Å². The molecule has 2 rings (SSSR count). The smallest absolute Gasteiger partial charge is 0.0492 e. The molecular formula is C14H26N4. The molecule has 0 spiro atoms. The summed E-state index contributed by atoms with van der Waals surface area (Å²) in [6, 6.07) is 2.91. The van der Waals surface area contributed by atoms with Crippen LogP contribution < -0.4 is 5.32 Å². The molecule has 1 N–H and O–H groups in total. The topological polar surface area (TPSA) is 33.1 Å². The predicted octanol–water partition coefficient (Wildman–Crippen LogP) is 1.43. The number of hydrogen-bond donors (Lipinski definition) is 1. The van der Waals surface area contributed by atoms with Crippen molar-refractivity contribution in [3.8, 4) is 0 Å². The molecule has 102 valence electrons. The Hall–Kier alpha value is -0.870. The molecule has 0 amide bonds. The first-order valence-electron chi connectivity index (χ1n) is 7.23. The summed E-state index contributed by atoms with van der Waals surface area (Å²) in [5, 5.41) is 7.69. The van der Waals surface area contributed by atoms with E-state index >= 15 is 0 Å². The van der Waals surface area contributed by atoms with Gasteiger partial charge in [-0.1, -0.05) is 6.92 Å². The van der Waals surface area contributed by atoms with E-state index in [1.807, 2.05) is 17.9 Å². The minimum atomic E-state index is 0.777. The highest BCUT2D eigenvalue weighted by atomic mass is 15.3. The first-order chi connectivity index (χ1) is 8.81.